The van der Waals surface area contributed by atoms with Crippen molar-refractivity contribution in [1.82, 2.24) is 0 Å². The number of nitrogens with one attached hydrogen (secondary N) is 1. The normalized spacial score (nSPS) is 10.3. The van der Waals surface area contributed by atoms with Crippen LogP contribution in [0.4, 0.5) is 5.69 Å². The second-order valence-corrected chi connectivity index (χ2v) is 6.80. The van der Waals surface area contributed by atoms with Crippen molar-refractivity contribution in [2.45, 2.75) is 18.6 Å². The molecule has 0 atom stereocenters. The molecule has 0 heterocycles. The second kappa shape index (κ2) is 10.5. The van der Waals surface area contributed by atoms with Crippen LogP contribution in [0.15, 0.2) is 42.5 Å². The maximum Gasteiger partial charge on any atom is 0.313 e. The highest BCUT2D eigenvalue weighted by Crippen LogP contribution is 2.25. The fourth-order valence-electron chi connectivity index (χ4n) is 2.54. The van der Waals surface area contributed by atoms with E-state index in [1.807, 2.05) is 42.5 Å². The number of benzene rings is 2. The molecular formula is C20H23NO5S. The maximum absolute atomic E-state index is 12.3. The van der Waals surface area contributed by atoms with Gasteiger partial charge >= 0.3 is 5.97 Å². The topological polar surface area (TPSA) is 84.9 Å². The Morgan fingerprint density at radius 2 is 1.93 bits per heavy atom. The van der Waals surface area contributed by atoms with Crippen molar-refractivity contribution in [3.05, 3.63) is 53.6 Å². The average molecular weight is 389 g/mol. The molecule has 0 fully saturated rings. The number of carbonyl (C=O) groups is 2. The minimum atomic E-state index is -0.836. The van der Waals surface area contributed by atoms with Gasteiger partial charge in [0.05, 0.1) is 20.0 Å². The third kappa shape index (κ3) is 6.86. The molecular weight excluding hydrogens is 366 g/mol. The van der Waals surface area contributed by atoms with Crippen molar-refractivity contribution >= 4 is 29.3 Å². The zero-order chi connectivity index (χ0) is 19.6. The molecule has 2 N–H and O–H groups in total. The van der Waals surface area contributed by atoms with Gasteiger partial charge in [-0.3, -0.25) is 9.59 Å². The van der Waals surface area contributed by atoms with Crippen molar-refractivity contribution in [3.8, 4) is 11.5 Å². The highest BCUT2D eigenvalue weighted by Gasteiger charge is 2.09. The zero-order valence-corrected chi connectivity index (χ0v) is 16.2. The molecule has 0 aromatic heterocycles. The lowest BCUT2D eigenvalue weighted by molar-refractivity contribution is -0.133. The fourth-order valence-corrected chi connectivity index (χ4v) is 3.24. The van der Waals surface area contributed by atoms with Gasteiger partial charge in [-0.15, -0.1) is 11.8 Å². The smallest absolute Gasteiger partial charge is 0.313 e. The van der Waals surface area contributed by atoms with Gasteiger partial charge in [-0.2, -0.15) is 0 Å². The zero-order valence-electron chi connectivity index (χ0n) is 15.4. The van der Waals surface area contributed by atoms with Crippen LogP contribution in [0.5, 0.6) is 11.5 Å². The molecule has 6 nitrogen and oxygen atoms in total. The molecule has 27 heavy (non-hydrogen) atoms. The van der Waals surface area contributed by atoms with E-state index in [4.69, 9.17) is 14.6 Å². The Hall–Kier alpha value is -2.67. The van der Waals surface area contributed by atoms with E-state index in [2.05, 4.69) is 5.32 Å². The van der Waals surface area contributed by atoms with Crippen molar-refractivity contribution in [2.24, 2.45) is 0 Å². The van der Waals surface area contributed by atoms with Gasteiger partial charge in [0.2, 0.25) is 5.91 Å². The van der Waals surface area contributed by atoms with E-state index in [1.54, 1.807) is 14.2 Å². The number of carbonyl (C=O) groups excluding carboxylic acids is 1. The predicted octanol–water partition coefficient (Wildman–Crippen LogP) is 3.59. The van der Waals surface area contributed by atoms with Gasteiger partial charge in [0.25, 0.3) is 0 Å². The van der Waals surface area contributed by atoms with Crippen LogP contribution in [0.1, 0.15) is 17.5 Å². The summed E-state index contributed by atoms with van der Waals surface area (Å²) in [6.07, 6.45) is 0.835. The Morgan fingerprint density at radius 3 is 2.63 bits per heavy atom. The number of carboxylic acid groups (broad SMARTS) is 1. The van der Waals surface area contributed by atoms with Gasteiger partial charge in [-0.1, -0.05) is 12.1 Å². The first-order valence-corrected chi connectivity index (χ1v) is 9.56. The lowest BCUT2D eigenvalue weighted by Gasteiger charge is -2.11. The number of ether oxygens (including phenoxy) is 2. The monoisotopic (exact) mass is 389 g/mol. The standard InChI is InChI=1S/C20H23NO5S/c1-25-17-7-8-18(26-2)15(11-17)6-9-19(22)21-16-5-3-4-14(10-16)12-27-13-20(23)24/h3-5,7-8,10-11H,6,9,12-13H2,1-2H3,(H,21,22)(H,23,24). The van der Waals surface area contributed by atoms with E-state index in [0.29, 0.717) is 24.3 Å². The van der Waals surface area contributed by atoms with Crippen LogP contribution in [-0.2, 0) is 21.8 Å². The first kappa shape index (κ1) is 20.6. The highest BCUT2D eigenvalue weighted by atomic mass is 32.2. The molecule has 2 aromatic carbocycles. The summed E-state index contributed by atoms with van der Waals surface area (Å²) in [7, 11) is 3.19. The predicted molar refractivity (Wildman–Crippen MR) is 107 cm³/mol. The molecule has 0 aliphatic rings. The molecule has 0 aliphatic carbocycles. The molecule has 0 unspecified atom stereocenters. The number of thioether (sulfide) groups is 1. The fraction of sp³-hybridized carbons (Fsp3) is 0.300. The van der Waals surface area contributed by atoms with E-state index in [1.165, 1.54) is 11.8 Å². The Kier molecular flexibility index (Phi) is 8.00. The molecule has 0 saturated heterocycles. The minimum absolute atomic E-state index is 0.0545. The summed E-state index contributed by atoms with van der Waals surface area (Å²) < 4.78 is 10.6. The van der Waals surface area contributed by atoms with Crippen LogP contribution in [0, 0.1) is 0 Å². The average Bonchev–Trinajstić information content (AvgIpc) is 2.66. The molecule has 0 radical (unpaired) electrons. The summed E-state index contributed by atoms with van der Waals surface area (Å²) >= 11 is 1.32. The van der Waals surface area contributed by atoms with Crippen LogP contribution in [0.25, 0.3) is 0 Å². The number of methoxy groups -OCH3 is 2. The van der Waals surface area contributed by atoms with Crippen molar-refractivity contribution < 1.29 is 24.2 Å². The quantitative estimate of drug-likeness (QED) is 0.646. The van der Waals surface area contributed by atoms with Crippen molar-refractivity contribution in [1.29, 1.82) is 0 Å². The van der Waals surface area contributed by atoms with E-state index < -0.39 is 5.97 Å². The molecule has 144 valence electrons. The van der Waals surface area contributed by atoms with Crippen LogP contribution in [0.3, 0.4) is 0 Å². The number of hydrogen-bond donors (Lipinski definition) is 2. The molecule has 0 spiro atoms. The van der Waals surface area contributed by atoms with Crippen LogP contribution < -0.4 is 14.8 Å². The lowest BCUT2D eigenvalue weighted by atomic mass is 10.1. The SMILES string of the molecule is COc1ccc(OC)c(CCC(=O)Nc2cccc(CSCC(=O)O)c2)c1. The highest BCUT2D eigenvalue weighted by molar-refractivity contribution is 7.99. The number of hydrogen-bond acceptors (Lipinski definition) is 5. The Morgan fingerprint density at radius 1 is 1.11 bits per heavy atom. The van der Waals surface area contributed by atoms with Gasteiger partial charge < -0.3 is 19.9 Å². The van der Waals surface area contributed by atoms with Crippen LogP contribution in [0.2, 0.25) is 0 Å². The van der Waals surface area contributed by atoms with Gasteiger partial charge in [0, 0.05) is 17.9 Å². The number of carboxylic acids is 1. The number of anilines is 1. The van der Waals surface area contributed by atoms with Gasteiger partial charge in [-0.05, 0) is 47.9 Å². The summed E-state index contributed by atoms with van der Waals surface area (Å²) in [6.45, 7) is 0. The van der Waals surface area contributed by atoms with Crippen LogP contribution >= 0.6 is 11.8 Å². The molecule has 0 bridgehead atoms. The Labute approximate surface area is 162 Å². The van der Waals surface area contributed by atoms with E-state index in [9.17, 15) is 9.59 Å². The summed E-state index contributed by atoms with van der Waals surface area (Å²) in [5, 5.41) is 11.6. The number of amides is 1. The number of rotatable bonds is 10. The van der Waals surface area contributed by atoms with Gasteiger partial charge in [0.15, 0.2) is 0 Å². The summed E-state index contributed by atoms with van der Waals surface area (Å²) in [5.41, 5.74) is 2.57. The van der Waals surface area contributed by atoms with Gasteiger partial charge in [0.1, 0.15) is 11.5 Å². The molecule has 0 aliphatic heterocycles. The lowest BCUT2D eigenvalue weighted by Crippen LogP contribution is -2.12. The first-order chi connectivity index (χ1) is 13.0. The third-order valence-electron chi connectivity index (χ3n) is 3.81. The molecule has 0 saturated carbocycles. The summed E-state index contributed by atoms with van der Waals surface area (Å²) in [4.78, 5) is 22.9. The minimum Gasteiger partial charge on any atom is -0.497 e. The van der Waals surface area contributed by atoms with E-state index >= 15 is 0 Å². The Bertz CT molecular complexity index is 794. The van der Waals surface area contributed by atoms with Crippen molar-refractivity contribution in [3.63, 3.8) is 0 Å². The van der Waals surface area contributed by atoms with E-state index in [0.717, 1.165) is 22.6 Å². The summed E-state index contributed by atoms with van der Waals surface area (Å²) in [6, 6.07) is 12.9. The summed E-state index contributed by atoms with van der Waals surface area (Å²) in [5.74, 6) is 1.14. The number of aliphatic carboxylic acids is 1. The maximum atomic E-state index is 12.3. The first-order valence-electron chi connectivity index (χ1n) is 8.41. The second-order valence-electron chi connectivity index (χ2n) is 5.81. The molecule has 2 rings (SSSR count). The largest absolute Gasteiger partial charge is 0.497 e. The third-order valence-corrected chi connectivity index (χ3v) is 4.80. The Balaban J connectivity index is 1.91. The molecule has 7 heteroatoms. The van der Waals surface area contributed by atoms with Gasteiger partial charge in [-0.25, -0.2) is 0 Å². The number of aryl methyl sites for hydroxylation is 1. The van der Waals surface area contributed by atoms with E-state index in [-0.39, 0.29) is 11.7 Å². The van der Waals surface area contributed by atoms with Crippen molar-refractivity contribution in [2.75, 3.05) is 25.3 Å². The molecule has 2 aromatic rings. The molecule has 1 amide bonds. The van der Waals surface area contributed by atoms with Crippen LogP contribution in [-0.4, -0.2) is 37.0 Å².